The Labute approximate surface area is 86.5 Å². The van der Waals surface area contributed by atoms with E-state index in [9.17, 15) is 18.4 Å². The Hall–Kier alpha value is -1.46. The van der Waals surface area contributed by atoms with E-state index in [1.807, 2.05) is 0 Å². The quantitative estimate of drug-likeness (QED) is 0.298. The molecule has 4 nitrogen and oxygen atoms in total. The molecule has 0 fully saturated rings. The molecule has 0 N–H and O–H groups in total. The molecule has 0 rings (SSSR count). The molecule has 0 spiro atoms. The fourth-order valence-corrected chi connectivity index (χ4v) is 0.802. The van der Waals surface area contributed by atoms with E-state index in [0.29, 0.717) is 0 Å². The monoisotopic (exact) mass is 221 g/mol. The summed E-state index contributed by atoms with van der Waals surface area (Å²) in [5, 5.41) is 0. The first-order chi connectivity index (χ1) is 6.90. The number of nitrogens with zero attached hydrogens (tertiary/aromatic N) is 1. The molecule has 0 aliphatic carbocycles. The van der Waals surface area contributed by atoms with Gasteiger partial charge in [-0.2, -0.15) is 0 Å². The minimum absolute atomic E-state index is 0.0279. The summed E-state index contributed by atoms with van der Waals surface area (Å²) in [6, 6.07) is 0. The zero-order valence-corrected chi connectivity index (χ0v) is 8.79. The SMILES string of the molecule is CCOC(=O)/C(=C/N(C)C)C(=O)C(F)F. The second kappa shape index (κ2) is 6.10. The van der Waals surface area contributed by atoms with E-state index >= 15 is 0 Å². The molecule has 0 saturated heterocycles. The van der Waals surface area contributed by atoms with Crippen LogP contribution in [-0.4, -0.2) is 43.8 Å². The highest BCUT2D eigenvalue weighted by atomic mass is 19.3. The first-order valence-electron chi connectivity index (χ1n) is 4.27. The zero-order chi connectivity index (χ0) is 12.0. The molecule has 0 aromatic heterocycles. The maximum Gasteiger partial charge on any atom is 0.343 e. The standard InChI is InChI=1S/C9H13F2NO3/c1-4-15-9(14)6(5-12(2)3)7(13)8(10)11/h5,8H,4H2,1-3H3/b6-5+. The van der Waals surface area contributed by atoms with Crippen LogP contribution in [0.2, 0.25) is 0 Å². The summed E-state index contributed by atoms with van der Waals surface area (Å²) in [6.45, 7) is 1.55. The van der Waals surface area contributed by atoms with Crippen molar-refractivity contribution in [3.63, 3.8) is 0 Å². The van der Waals surface area contributed by atoms with Gasteiger partial charge in [0, 0.05) is 20.3 Å². The van der Waals surface area contributed by atoms with Crippen molar-refractivity contribution < 1.29 is 23.1 Å². The average molecular weight is 221 g/mol. The Morgan fingerprint density at radius 2 is 1.93 bits per heavy atom. The predicted molar refractivity (Wildman–Crippen MR) is 49.4 cm³/mol. The maximum atomic E-state index is 12.1. The van der Waals surface area contributed by atoms with Crippen molar-refractivity contribution in [2.75, 3.05) is 20.7 Å². The van der Waals surface area contributed by atoms with Crippen LogP contribution in [0.5, 0.6) is 0 Å². The number of hydrogen-bond donors (Lipinski definition) is 0. The third kappa shape index (κ3) is 4.53. The molecule has 0 atom stereocenters. The van der Waals surface area contributed by atoms with E-state index in [0.717, 1.165) is 6.20 Å². The van der Waals surface area contributed by atoms with Gasteiger partial charge in [-0.3, -0.25) is 4.79 Å². The summed E-state index contributed by atoms with van der Waals surface area (Å²) in [5.41, 5.74) is -0.642. The third-order valence-electron chi connectivity index (χ3n) is 1.35. The number of carbonyl (C=O) groups excluding carboxylic acids is 2. The van der Waals surface area contributed by atoms with Crippen molar-refractivity contribution in [1.82, 2.24) is 4.90 Å². The van der Waals surface area contributed by atoms with Crippen LogP contribution in [-0.2, 0) is 14.3 Å². The van der Waals surface area contributed by atoms with Crippen molar-refractivity contribution in [3.8, 4) is 0 Å². The van der Waals surface area contributed by atoms with Crippen molar-refractivity contribution in [3.05, 3.63) is 11.8 Å². The second-order valence-corrected chi connectivity index (χ2v) is 2.89. The first-order valence-corrected chi connectivity index (χ1v) is 4.27. The van der Waals surface area contributed by atoms with Crippen molar-refractivity contribution >= 4 is 11.8 Å². The third-order valence-corrected chi connectivity index (χ3v) is 1.35. The number of halogens is 2. The van der Waals surface area contributed by atoms with Crippen LogP contribution < -0.4 is 0 Å². The lowest BCUT2D eigenvalue weighted by Crippen LogP contribution is -2.23. The number of ether oxygens (including phenoxy) is 1. The van der Waals surface area contributed by atoms with E-state index in [-0.39, 0.29) is 6.61 Å². The van der Waals surface area contributed by atoms with E-state index in [1.165, 1.54) is 25.9 Å². The first kappa shape index (κ1) is 13.5. The van der Waals surface area contributed by atoms with E-state index in [1.54, 1.807) is 0 Å². The normalized spacial score (nSPS) is 11.5. The van der Waals surface area contributed by atoms with Crippen molar-refractivity contribution in [2.45, 2.75) is 13.3 Å². The number of esters is 1. The Morgan fingerprint density at radius 3 is 2.27 bits per heavy atom. The highest BCUT2D eigenvalue weighted by Gasteiger charge is 2.27. The van der Waals surface area contributed by atoms with Crippen LogP contribution >= 0.6 is 0 Å². The van der Waals surface area contributed by atoms with Crippen LogP contribution in [0.1, 0.15) is 6.92 Å². The fraction of sp³-hybridized carbons (Fsp3) is 0.556. The Balaban J connectivity index is 4.90. The molecule has 6 heteroatoms. The molecule has 86 valence electrons. The van der Waals surface area contributed by atoms with Crippen molar-refractivity contribution in [1.29, 1.82) is 0 Å². The van der Waals surface area contributed by atoms with E-state index in [4.69, 9.17) is 0 Å². The number of alkyl halides is 2. The molecule has 0 bridgehead atoms. The lowest BCUT2D eigenvalue weighted by atomic mass is 10.2. The molecule has 0 amide bonds. The predicted octanol–water partition coefficient (Wildman–Crippen LogP) is 0.829. The lowest BCUT2D eigenvalue weighted by molar-refractivity contribution is -0.141. The Bertz CT molecular complexity index is 275. The molecule has 0 unspecified atom stereocenters. The number of Topliss-reactive ketones (excluding diaryl/α,β-unsaturated/α-hetero) is 1. The summed E-state index contributed by atoms with van der Waals surface area (Å²) < 4.78 is 28.7. The van der Waals surface area contributed by atoms with Crippen molar-refractivity contribution in [2.24, 2.45) is 0 Å². The summed E-state index contributed by atoms with van der Waals surface area (Å²) in [5.74, 6) is -2.56. The molecule has 0 aromatic rings. The summed E-state index contributed by atoms with van der Waals surface area (Å²) in [4.78, 5) is 23.4. The topological polar surface area (TPSA) is 46.6 Å². The summed E-state index contributed by atoms with van der Waals surface area (Å²) >= 11 is 0. The Kier molecular flexibility index (Phi) is 5.51. The van der Waals surface area contributed by atoms with Crippen LogP contribution in [0.25, 0.3) is 0 Å². The summed E-state index contributed by atoms with van der Waals surface area (Å²) in [7, 11) is 3.02. The van der Waals surface area contributed by atoms with Crippen LogP contribution in [0.4, 0.5) is 8.78 Å². The Morgan fingerprint density at radius 1 is 1.40 bits per heavy atom. The number of carbonyl (C=O) groups is 2. The van der Waals surface area contributed by atoms with Crippen LogP contribution in [0.3, 0.4) is 0 Å². The minimum Gasteiger partial charge on any atom is -0.462 e. The van der Waals surface area contributed by atoms with E-state index in [2.05, 4.69) is 4.74 Å². The maximum absolute atomic E-state index is 12.1. The number of rotatable bonds is 5. The largest absolute Gasteiger partial charge is 0.462 e. The van der Waals surface area contributed by atoms with Gasteiger partial charge < -0.3 is 9.64 Å². The molecule has 0 aliphatic heterocycles. The number of hydrogen-bond acceptors (Lipinski definition) is 4. The smallest absolute Gasteiger partial charge is 0.343 e. The molecular weight excluding hydrogens is 208 g/mol. The lowest BCUT2D eigenvalue weighted by Gasteiger charge is -2.09. The van der Waals surface area contributed by atoms with Gasteiger partial charge in [-0.1, -0.05) is 0 Å². The number of ketones is 1. The molecule has 0 aromatic carbocycles. The van der Waals surface area contributed by atoms with Gasteiger partial charge in [-0.05, 0) is 6.92 Å². The highest BCUT2D eigenvalue weighted by Crippen LogP contribution is 2.08. The van der Waals surface area contributed by atoms with Gasteiger partial charge in [0.05, 0.1) is 6.61 Å². The van der Waals surface area contributed by atoms with Gasteiger partial charge in [0.15, 0.2) is 0 Å². The molecular formula is C9H13F2NO3. The van der Waals surface area contributed by atoms with E-state index < -0.39 is 23.8 Å². The zero-order valence-electron chi connectivity index (χ0n) is 8.79. The molecule has 0 heterocycles. The van der Waals surface area contributed by atoms with Gasteiger partial charge >= 0.3 is 12.4 Å². The molecule has 15 heavy (non-hydrogen) atoms. The van der Waals surface area contributed by atoms with Gasteiger partial charge in [0.25, 0.3) is 0 Å². The van der Waals surface area contributed by atoms with Gasteiger partial charge in [-0.15, -0.1) is 0 Å². The fourth-order valence-electron chi connectivity index (χ4n) is 0.802. The van der Waals surface area contributed by atoms with Crippen LogP contribution in [0, 0.1) is 0 Å². The highest BCUT2D eigenvalue weighted by molar-refractivity contribution is 6.18. The second-order valence-electron chi connectivity index (χ2n) is 2.89. The van der Waals surface area contributed by atoms with Gasteiger partial charge in [-0.25, -0.2) is 13.6 Å². The van der Waals surface area contributed by atoms with Gasteiger partial charge in [0.2, 0.25) is 5.78 Å². The molecule has 0 radical (unpaired) electrons. The molecule has 0 aliphatic rings. The minimum atomic E-state index is -3.21. The molecule has 0 saturated carbocycles. The summed E-state index contributed by atoms with van der Waals surface area (Å²) in [6.07, 6.45) is -2.19. The van der Waals surface area contributed by atoms with Crippen LogP contribution in [0.15, 0.2) is 11.8 Å². The average Bonchev–Trinajstić information content (AvgIpc) is 2.13. The van der Waals surface area contributed by atoms with Gasteiger partial charge in [0.1, 0.15) is 5.57 Å².